The summed E-state index contributed by atoms with van der Waals surface area (Å²) in [5, 5.41) is 10.4. The molecule has 1 saturated heterocycles. The molecule has 0 bridgehead atoms. The maximum Gasteiger partial charge on any atom is 0.335 e. The molecule has 1 aliphatic rings. The number of hydrogen-bond donors (Lipinski definition) is 1. The van der Waals surface area contributed by atoms with Gasteiger partial charge in [-0.05, 0) is 41.5 Å². The van der Waals surface area contributed by atoms with Crippen molar-refractivity contribution < 1.29 is 18.3 Å². The van der Waals surface area contributed by atoms with Crippen LogP contribution in [0.1, 0.15) is 10.4 Å². The third-order valence-electron chi connectivity index (χ3n) is 4.72. The molecule has 1 aromatic heterocycles. The van der Waals surface area contributed by atoms with Gasteiger partial charge in [0.1, 0.15) is 0 Å². The third-order valence-corrected chi connectivity index (χ3v) is 7.54. The van der Waals surface area contributed by atoms with Gasteiger partial charge < -0.3 is 5.11 Å². The predicted octanol–water partition coefficient (Wildman–Crippen LogP) is 3.34. The molecule has 1 aliphatic heterocycles. The zero-order chi connectivity index (χ0) is 19.7. The second-order valence-electron chi connectivity index (χ2n) is 6.44. The minimum Gasteiger partial charge on any atom is -0.478 e. The number of pyridine rings is 1. The largest absolute Gasteiger partial charge is 0.478 e. The van der Waals surface area contributed by atoms with Crippen LogP contribution in [0.5, 0.6) is 0 Å². The Morgan fingerprint density at radius 3 is 2.61 bits per heavy atom. The molecule has 2 aromatic carbocycles. The SMILES string of the molecule is O=C(O)c1cc(-c2cccc3ncccc23)cc(S(=O)(=O)N2CCSCC2)c1. The Morgan fingerprint density at radius 1 is 1.07 bits per heavy atom. The van der Waals surface area contributed by atoms with Gasteiger partial charge in [-0.1, -0.05) is 18.2 Å². The smallest absolute Gasteiger partial charge is 0.335 e. The Hall–Kier alpha value is -2.42. The molecule has 0 atom stereocenters. The van der Waals surface area contributed by atoms with E-state index in [1.54, 1.807) is 30.1 Å². The summed E-state index contributed by atoms with van der Waals surface area (Å²) in [6.07, 6.45) is 1.68. The lowest BCUT2D eigenvalue weighted by Crippen LogP contribution is -2.37. The number of fused-ring (bicyclic) bond motifs is 1. The molecule has 4 rings (SSSR count). The van der Waals surface area contributed by atoms with Crippen molar-refractivity contribution in [3.05, 3.63) is 60.3 Å². The fourth-order valence-corrected chi connectivity index (χ4v) is 5.97. The van der Waals surface area contributed by atoms with Gasteiger partial charge in [-0.3, -0.25) is 4.98 Å². The molecular weight excluding hydrogens is 396 g/mol. The highest BCUT2D eigenvalue weighted by molar-refractivity contribution is 7.99. The molecule has 0 radical (unpaired) electrons. The van der Waals surface area contributed by atoms with Gasteiger partial charge in [-0.25, -0.2) is 13.2 Å². The van der Waals surface area contributed by atoms with Crippen LogP contribution in [0.2, 0.25) is 0 Å². The van der Waals surface area contributed by atoms with Crippen molar-refractivity contribution in [1.29, 1.82) is 0 Å². The molecule has 2 heterocycles. The maximum atomic E-state index is 13.1. The number of carbonyl (C=O) groups is 1. The molecule has 0 unspecified atom stereocenters. The Morgan fingerprint density at radius 2 is 1.86 bits per heavy atom. The number of aromatic carboxylic acids is 1. The van der Waals surface area contributed by atoms with Crippen molar-refractivity contribution in [3.8, 4) is 11.1 Å². The van der Waals surface area contributed by atoms with Crippen molar-refractivity contribution in [1.82, 2.24) is 9.29 Å². The zero-order valence-corrected chi connectivity index (χ0v) is 16.5. The number of carboxylic acid groups (broad SMARTS) is 1. The number of rotatable bonds is 4. The molecule has 0 amide bonds. The number of benzene rings is 2. The average molecular weight is 415 g/mol. The van der Waals surface area contributed by atoms with Crippen LogP contribution in [0, 0.1) is 0 Å². The summed E-state index contributed by atoms with van der Waals surface area (Å²) >= 11 is 1.71. The molecular formula is C20H18N2O4S2. The first-order valence-corrected chi connectivity index (χ1v) is 11.4. The number of carboxylic acids is 1. The van der Waals surface area contributed by atoms with Gasteiger partial charge in [0, 0.05) is 36.2 Å². The molecule has 0 spiro atoms. The Bertz CT molecular complexity index is 1150. The monoisotopic (exact) mass is 414 g/mol. The van der Waals surface area contributed by atoms with Crippen LogP contribution in [-0.4, -0.2) is 53.4 Å². The molecule has 0 saturated carbocycles. The number of aromatic nitrogens is 1. The number of nitrogens with zero attached hydrogens (tertiary/aromatic N) is 2. The lowest BCUT2D eigenvalue weighted by atomic mass is 9.99. The summed E-state index contributed by atoms with van der Waals surface area (Å²) < 4.78 is 27.7. The summed E-state index contributed by atoms with van der Waals surface area (Å²) in [5.74, 6) is 0.310. The van der Waals surface area contributed by atoms with E-state index in [1.165, 1.54) is 16.4 Å². The molecule has 1 fully saturated rings. The van der Waals surface area contributed by atoms with E-state index in [4.69, 9.17) is 0 Å². The standard InChI is InChI=1S/C20H18N2O4S2/c23-20(24)15-11-14(17-3-1-5-19-18(17)4-2-6-21-19)12-16(13-15)28(25,26)22-7-9-27-10-8-22/h1-6,11-13H,7-10H2,(H,23,24). The quantitative estimate of drug-likeness (QED) is 0.705. The van der Waals surface area contributed by atoms with E-state index in [0.717, 1.165) is 28.0 Å². The van der Waals surface area contributed by atoms with Gasteiger partial charge in [0.2, 0.25) is 10.0 Å². The first-order chi connectivity index (χ1) is 13.5. The molecule has 28 heavy (non-hydrogen) atoms. The van der Waals surface area contributed by atoms with Gasteiger partial charge in [0.15, 0.2) is 0 Å². The summed E-state index contributed by atoms with van der Waals surface area (Å²) in [7, 11) is -3.76. The number of sulfonamides is 1. The third kappa shape index (κ3) is 3.50. The predicted molar refractivity (Wildman–Crippen MR) is 110 cm³/mol. The highest BCUT2D eigenvalue weighted by Crippen LogP contribution is 2.31. The normalized spacial score (nSPS) is 15.6. The minimum absolute atomic E-state index is 0.00944. The molecule has 8 heteroatoms. The average Bonchev–Trinajstić information content (AvgIpc) is 2.73. The summed E-state index contributed by atoms with van der Waals surface area (Å²) in [5.41, 5.74) is 2.00. The van der Waals surface area contributed by atoms with E-state index in [-0.39, 0.29) is 10.5 Å². The molecule has 144 valence electrons. The van der Waals surface area contributed by atoms with Crippen LogP contribution in [-0.2, 0) is 10.0 Å². The lowest BCUT2D eigenvalue weighted by Gasteiger charge is -2.26. The van der Waals surface area contributed by atoms with Crippen LogP contribution in [0.25, 0.3) is 22.0 Å². The van der Waals surface area contributed by atoms with Crippen LogP contribution in [0.4, 0.5) is 0 Å². The summed E-state index contributed by atoms with van der Waals surface area (Å²) in [6, 6.07) is 13.5. The fraction of sp³-hybridized carbons (Fsp3) is 0.200. The molecule has 0 aliphatic carbocycles. The number of thioether (sulfide) groups is 1. The second-order valence-corrected chi connectivity index (χ2v) is 9.61. The van der Waals surface area contributed by atoms with Crippen molar-refractivity contribution >= 4 is 38.7 Å². The first kappa shape index (κ1) is 18.9. The van der Waals surface area contributed by atoms with Crippen LogP contribution in [0.3, 0.4) is 0 Å². The van der Waals surface area contributed by atoms with E-state index >= 15 is 0 Å². The van der Waals surface area contributed by atoms with Crippen molar-refractivity contribution in [3.63, 3.8) is 0 Å². The number of hydrogen-bond acceptors (Lipinski definition) is 5. The zero-order valence-electron chi connectivity index (χ0n) is 14.9. The van der Waals surface area contributed by atoms with Gasteiger partial charge >= 0.3 is 5.97 Å². The summed E-state index contributed by atoms with van der Waals surface area (Å²) in [6.45, 7) is 0.857. The Labute approximate surface area is 167 Å². The lowest BCUT2D eigenvalue weighted by molar-refractivity contribution is 0.0696. The van der Waals surface area contributed by atoms with E-state index in [1.807, 2.05) is 24.3 Å². The Balaban J connectivity index is 1.90. The molecule has 3 aromatic rings. The Kier molecular flexibility index (Phi) is 5.09. The first-order valence-electron chi connectivity index (χ1n) is 8.77. The summed E-state index contributed by atoms with van der Waals surface area (Å²) in [4.78, 5) is 16.0. The topological polar surface area (TPSA) is 87.6 Å². The van der Waals surface area contributed by atoms with Crippen LogP contribution >= 0.6 is 11.8 Å². The van der Waals surface area contributed by atoms with Gasteiger partial charge in [0.05, 0.1) is 16.0 Å². The second kappa shape index (κ2) is 7.54. The van der Waals surface area contributed by atoms with Gasteiger partial charge in [0.25, 0.3) is 0 Å². The van der Waals surface area contributed by atoms with Crippen LogP contribution < -0.4 is 0 Å². The minimum atomic E-state index is -3.76. The van der Waals surface area contributed by atoms with Crippen molar-refractivity contribution in [2.45, 2.75) is 4.90 Å². The van der Waals surface area contributed by atoms with Crippen molar-refractivity contribution in [2.24, 2.45) is 0 Å². The molecule has 1 N–H and O–H groups in total. The van der Waals surface area contributed by atoms with Crippen LogP contribution in [0.15, 0.2) is 59.6 Å². The van der Waals surface area contributed by atoms with Crippen molar-refractivity contribution in [2.75, 3.05) is 24.6 Å². The van der Waals surface area contributed by atoms with E-state index in [2.05, 4.69) is 4.98 Å². The fourth-order valence-electron chi connectivity index (χ4n) is 3.32. The van der Waals surface area contributed by atoms with Gasteiger partial charge in [-0.2, -0.15) is 16.1 Å². The van der Waals surface area contributed by atoms with E-state index in [0.29, 0.717) is 18.7 Å². The van der Waals surface area contributed by atoms with E-state index in [9.17, 15) is 18.3 Å². The highest BCUT2D eigenvalue weighted by atomic mass is 32.2. The highest BCUT2D eigenvalue weighted by Gasteiger charge is 2.27. The maximum absolute atomic E-state index is 13.1. The molecule has 6 nitrogen and oxygen atoms in total. The van der Waals surface area contributed by atoms with Gasteiger partial charge in [-0.15, -0.1) is 0 Å². The van der Waals surface area contributed by atoms with E-state index < -0.39 is 16.0 Å².